The monoisotopic (exact) mass is 1310 g/mol. The van der Waals surface area contributed by atoms with Gasteiger partial charge in [0.1, 0.15) is 0 Å². The summed E-state index contributed by atoms with van der Waals surface area (Å²) >= 11 is 0. The molecule has 0 unspecified atom stereocenters. The number of carbonyl (C=O) groups is 2. The average molecular weight is 1310 g/mol. The maximum Gasteiger partial charge on any atom is 0.236 e. The summed E-state index contributed by atoms with van der Waals surface area (Å²) in [7, 11) is 21.1. The van der Waals surface area contributed by atoms with Crippen molar-refractivity contribution in [2.45, 2.75) is 145 Å². The molecule has 10 aliphatic heterocycles. The van der Waals surface area contributed by atoms with Gasteiger partial charge in [0, 0.05) is 158 Å². The standard InChI is InChI=1S/C8H16O.C7H14N2O.C7H16N2.2C7H15N.C6H12N2O.C6H14N2.C6H13N.C5H12N2.C5H11NO.C5H11N.C4H8/c1-7-3-5-8(2,9)6-4-7;1-7(10)9-5-3-8(2)4-6-9;1-3-9-6-4-8(2)5-7-9;1-7-3-5-8(2)6-4-7;1-3-8-5-4-7(2)6-8;1-7-3-4-8(2)6(9)5-7;1-7-3-5-8(2)6-4-7;1-6-3-4-7(2)5-6;1-7-4-2-6-3-5-7;1-6-2-4-7-5-3-6;1-5-2-3-6-4-5;1-4-2-3-4/h7,9H,3-6H2,1-2H3;3-6H2,1-2H3;3-7H2,1-2H3;2*7H,3-6H2,1-2H3;3-5H2,1-2H3;3-6H2,1-2H3;6H,3-5H2,1-2H3;6H,2-5H2,1H3;2-5H2,1H3;5-6H,2-4H2,1H3;4H,2-3H2,1H3/t;;;;7-;;;6-;;;5-;/m....0..0..0./s1. The summed E-state index contributed by atoms with van der Waals surface area (Å²) in [6.07, 6.45) is 14.3. The summed E-state index contributed by atoms with van der Waals surface area (Å²) in [5.41, 5.74) is -0.341. The average Bonchev–Trinajstić information content (AvgIpc) is 3.44. The second kappa shape index (κ2) is 53.3. The molecule has 92 heavy (non-hydrogen) atoms. The fourth-order valence-electron chi connectivity index (χ4n) is 11.5. The van der Waals surface area contributed by atoms with Gasteiger partial charge >= 0.3 is 0 Å². The van der Waals surface area contributed by atoms with E-state index in [1.165, 1.54) is 189 Å². The minimum absolute atomic E-state index is 0.202. The van der Waals surface area contributed by atoms with Crippen LogP contribution in [0.4, 0.5) is 0 Å². The summed E-state index contributed by atoms with van der Waals surface area (Å²) in [5, 5.41) is 16.0. The van der Waals surface area contributed by atoms with E-state index in [1.54, 1.807) is 11.8 Å². The largest absolute Gasteiger partial charge is 0.390 e. The summed E-state index contributed by atoms with van der Waals surface area (Å²) in [4.78, 5) is 51.1. The molecule has 548 valence electrons. The van der Waals surface area contributed by atoms with Gasteiger partial charge in [-0.3, -0.25) is 14.5 Å². The number of piperazine rings is 5. The van der Waals surface area contributed by atoms with Gasteiger partial charge in [0.15, 0.2) is 0 Å². The summed E-state index contributed by atoms with van der Waals surface area (Å²) in [6, 6.07) is 0. The molecular weight excluding hydrogens is 1150 g/mol. The molecule has 0 bridgehead atoms. The summed E-state index contributed by atoms with van der Waals surface area (Å²) < 4.78 is 5.10. The number of hydrogen-bond acceptors (Lipinski definition) is 17. The fourth-order valence-corrected chi connectivity index (χ4v) is 11.5. The molecular formula is C73H157N15O4. The smallest absolute Gasteiger partial charge is 0.236 e. The van der Waals surface area contributed by atoms with Crippen LogP contribution in [0.3, 0.4) is 0 Å². The Hall–Kier alpha value is -1.66. The molecule has 10 saturated heterocycles. The Morgan fingerprint density at radius 2 is 0.826 bits per heavy atom. The minimum atomic E-state index is -0.341. The Labute approximate surface area is 570 Å². The zero-order chi connectivity index (χ0) is 68.9. The van der Waals surface area contributed by atoms with Crippen molar-refractivity contribution in [3.63, 3.8) is 0 Å². The number of hydrogen-bond donors (Lipinski definition) is 3. The van der Waals surface area contributed by atoms with E-state index in [0.29, 0.717) is 6.54 Å². The van der Waals surface area contributed by atoms with Gasteiger partial charge in [0.2, 0.25) is 11.8 Å². The van der Waals surface area contributed by atoms with E-state index in [2.05, 4.69) is 171 Å². The topological polar surface area (TPSA) is 130 Å². The highest BCUT2D eigenvalue weighted by atomic mass is 16.5. The Balaban J connectivity index is 0.000000504. The maximum absolute atomic E-state index is 10.9. The molecule has 12 aliphatic rings. The molecule has 0 aromatic rings. The van der Waals surface area contributed by atoms with Crippen molar-refractivity contribution in [3.8, 4) is 0 Å². The number of aliphatic hydroxyl groups is 1. The van der Waals surface area contributed by atoms with E-state index >= 15 is 0 Å². The van der Waals surface area contributed by atoms with E-state index in [4.69, 9.17) is 4.74 Å². The van der Waals surface area contributed by atoms with Crippen molar-refractivity contribution in [1.29, 1.82) is 0 Å². The Morgan fingerprint density at radius 3 is 1.11 bits per heavy atom. The van der Waals surface area contributed by atoms with Gasteiger partial charge < -0.3 is 79.3 Å². The summed E-state index contributed by atoms with van der Waals surface area (Å²) in [6.45, 7) is 59.6. The van der Waals surface area contributed by atoms with Crippen molar-refractivity contribution >= 4 is 11.8 Å². The zero-order valence-corrected chi connectivity index (χ0v) is 64.6. The number of likely N-dealkylation sites (tertiary alicyclic amines) is 3. The number of likely N-dealkylation sites (N-methyl/N-ethyl adjacent to an activating group) is 9. The zero-order valence-electron chi connectivity index (χ0n) is 64.6. The number of piperidine rings is 1. The molecule has 19 heteroatoms. The lowest BCUT2D eigenvalue weighted by molar-refractivity contribution is -0.133. The third kappa shape index (κ3) is 50.7. The molecule has 12 fully saturated rings. The van der Waals surface area contributed by atoms with Crippen LogP contribution in [0.5, 0.6) is 0 Å². The molecule has 0 radical (unpaired) electrons. The van der Waals surface area contributed by atoms with Gasteiger partial charge in [-0.25, -0.2) is 0 Å². The Morgan fingerprint density at radius 1 is 0.424 bits per heavy atom. The SMILES string of the molecule is CC(=O)N1CCN(C)CC1.CC1CC1.CC1CCC(C)(O)CC1.CC1CCN(C)CC1.CCN1CCN(C)CC1.CCN1CC[C@H](C)C1.CN1CCN(C)C(=O)C1.CN1CCN(C)CC1.CN1CCNCC1.CN1CCOCC1.C[C@H]1CCN(C)C1.C[C@H]1CCNC1. The van der Waals surface area contributed by atoms with Crippen LogP contribution in [-0.4, -0.2) is 373 Å². The molecule has 3 atom stereocenters. The predicted molar refractivity (Wildman–Crippen MR) is 395 cm³/mol. The number of carbonyl (C=O) groups excluding carboxylic acids is 2. The first-order valence-electron chi connectivity index (χ1n) is 37.4. The number of rotatable bonds is 2. The van der Waals surface area contributed by atoms with Crippen LogP contribution in [0.2, 0.25) is 0 Å². The van der Waals surface area contributed by atoms with E-state index in [9.17, 15) is 14.7 Å². The van der Waals surface area contributed by atoms with Crippen LogP contribution in [0.15, 0.2) is 0 Å². The second-order valence-corrected chi connectivity index (χ2v) is 30.6. The van der Waals surface area contributed by atoms with E-state index < -0.39 is 0 Å². The third-order valence-electron chi connectivity index (χ3n) is 20.1. The molecule has 0 aromatic heterocycles. The first-order valence-corrected chi connectivity index (χ1v) is 37.4. The molecule has 3 N–H and O–H groups in total. The number of nitrogens with zero attached hydrogens (tertiary/aromatic N) is 13. The molecule has 0 aromatic carbocycles. The first-order chi connectivity index (χ1) is 43.6. The summed E-state index contributed by atoms with van der Waals surface area (Å²) in [5.74, 6) is 6.17. The van der Waals surface area contributed by atoms with Gasteiger partial charge in [0.05, 0.1) is 25.4 Å². The van der Waals surface area contributed by atoms with Crippen LogP contribution >= 0.6 is 0 Å². The van der Waals surface area contributed by atoms with Crippen LogP contribution in [0.25, 0.3) is 0 Å². The van der Waals surface area contributed by atoms with Crippen LogP contribution in [-0.2, 0) is 14.3 Å². The lowest BCUT2D eigenvalue weighted by atomic mass is 9.81. The Bertz CT molecular complexity index is 1630. The molecule has 12 rings (SSSR count). The minimum Gasteiger partial charge on any atom is -0.390 e. The van der Waals surface area contributed by atoms with Crippen LogP contribution in [0, 0.1) is 35.5 Å². The number of nitrogens with one attached hydrogen (secondary N) is 2. The molecule has 10 heterocycles. The van der Waals surface area contributed by atoms with Crippen molar-refractivity contribution in [3.05, 3.63) is 0 Å². The van der Waals surface area contributed by atoms with Crippen LogP contribution < -0.4 is 10.6 Å². The van der Waals surface area contributed by atoms with Crippen molar-refractivity contribution in [1.82, 2.24) is 74.3 Å². The first kappa shape index (κ1) is 88.4. The lowest BCUT2D eigenvalue weighted by Crippen LogP contribution is -2.46. The van der Waals surface area contributed by atoms with Gasteiger partial charge in [-0.2, -0.15) is 0 Å². The molecule has 0 spiro atoms. The number of morpholine rings is 1. The van der Waals surface area contributed by atoms with Gasteiger partial charge in [-0.1, -0.05) is 68.2 Å². The predicted octanol–water partition coefficient (Wildman–Crippen LogP) is 6.39. The normalized spacial score (nSPS) is 28.5. The van der Waals surface area contributed by atoms with Crippen molar-refractivity contribution < 1.29 is 19.4 Å². The maximum atomic E-state index is 10.9. The number of ether oxygens (including phenoxy) is 1. The lowest BCUT2D eigenvalue weighted by Gasteiger charge is -2.31. The molecule has 19 nitrogen and oxygen atoms in total. The van der Waals surface area contributed by atoms with Crippen molar-refractivity contribution in [2.75, 3.05) is 287 Å². The number of amides is 2. The second-order valence-electron chi connectivity index (χ2n) is 30.6. The van der Waals surface area contributed by atoms with Gasteiger partial charge in [0.25, 0.3) is 0 Å². The van der Waals surface area contributed by atoms with Gasteiger partial charge in [-0.15, -0.1) is 0 Å². The third-order valence-corrected chi connectivity index (χ3v) is 20.1. The molecule has 2 aliphatic carbocycles. The quantitative estimate of drug-likeness (QED) is 0.282. The highest BCUT2D eigenvalue weighted by Gasteiger charge is 2.26. The fraction of sp³-hybridized carbons (Fsp3) is 0.973. The Kier molecular flexibility index (Phi) is 51.2. The highest BCUT2D eigenvalue weighted by Crippen LogP contribution is 2.31. The van der Waals surface area contributed by atoms with Gasteiger partial charge in [-0.05, 0) is 216 Å². The highest BCUT2D eigenvalue weighted by molar-refractivity contribution is 5.78. The van der Waals surface area contributed by atoms with Crippen LogP contribution in [0.1, 0.15) is 140 Å². The van der Waals surface area contributed by atoms with E-state index in [-0.39, 0.29) is 17.4 Å². The van der Waals surface area contributed by atoms with E-state index in [0.717, 1.165) is 127 Å². The molecule has 2 saturated carbocycles. The molecule has 2 amide bonds. The van der Waals surface area contributed by atoms with E-state index in [1.807, 2.05) is 30.8 Å². The van der Waals surface area contributed by atoms with Crippen molar-refractivity contribution in [2.24, 2.45) is 35.5 Å².